The van der Waals surface area contributed by atoms with Crippen LogP contribution in [-0.4, -0.2) is 44.5 Å². The van der Waals surface area contributed by atoms with E-state index < -0.39 is 11.7 Å². The van der Waals surface area contributed by atoms with Gasteiger partial charge in [-0.15, -0.1) is 10.2 Å². The van der Waals surface area contributed by atoms with Crippen LogP contribution in [0.5, 0.6) is 0 Å². The minimum atomic E-state index is -0.576. The van der Waals surface area contributed by atoms with Gasteiger partial charge in [-0.1, -0.05) is 17.7 Å². The van der Waals surface area contributed by atoms with Gasteiger partial charge in [0.15, 0.2) is 5.82 Å². The molecule has 0 atom stereocenters. The number of amides is 1. The van der Waals surface area contributed by atoms with Crippen LogP contribution in [0.3, 0.4) is 0 Å². The van der Waals surface area contributed by atoms with Gasteiger partial charge in [0, 0.05) is 35.9 Å². The van der Waals surface area contributed by atoms with Crippen molar-refractivity contribution in [3.05, 3.63) is 64.7 Å². The van der Waals surface area contributed by atoms with Crippen LogP contribution in [0.25, 0.3) is 5.69 Å². The fourth-order valence-corrected chi connectivity index (χ4v) is 4.43. The zero-order valence-corrected chi connectivity index (χ0v) is 20.8. The number of nitrogens with zero attached hydrogens (tertiary/aromatic N) is 5. The average molecular weight is 483 g/mol. The van der Waals surface area contributed by atoms with Gasteiger partial charge in [0.1, 0.15) is 5.60 Å². The molecule has 0 radical (unpaired) electrons. The second-order valence-corrected chi connectivity index (χ2v) is 9.99. The molecular formula is C25H31ClN6O2. The highest BCUT2D eigenvalue weighted by Gasteiger charge is 2.27. The van der Waals surface area contributed by atoms with Crippen LogP contribution in [0.4, 0.5) is 10.7 Å². The summed E-state index contributed by atoms with van der Waals surface area (Å²) in [5, 5.41) is 12.4. The molecule has 1 amide bonds. The molecule has 1 fully saturated rings. The molecule has 1 aromatic carbocycles. The molecule has 0 unspecified atom stereocenters. The molecule has 1 aliphatic rings. The van der Waals surface area contributed by atoms with Gasteiger partial charge >= 0.3 is 6.09 Å². The predicted molar refractivity (Wildman–Crippen MR) is 133 cm³/mol. The summed E-state index contributed by atoms with van der Waals surface area (Å²) in [6.45, 7) is 9.37. The Labute approximate surface area is 205 Å². The van der Waals surface area contributed by atoms with E-state index in [4.69, 9.17) is 16.3 Å². The van der Waals surface area contributed by atoms with Crippen molar-refractivity contribution in [3.8, 4) is 5.69 Å². The molecule has 0 spiro atoms. The van der Waals surface area contributed by atoms with Gasteiger partial charge in [-0.3, -0.25) is 9.55 Å². The van der Waals surface area contributed by atoms with Crippen molar-refractivity contribution < 1.29 is 9.53 Å². The third-order valence-corrected chi connectivity index (χ3v) is 6.02. The zero-order chi connectivity index (χ0) is 24.3. The number of pyridine rings is 1. The maximum Gasteiger partial charge on any atom is 0.408 e. The summed E-state index contributed by atoms with van der Waals surface area (Å²) in [5.74, 6) is 1.81. The molecule has 1 aliphatic heterocycles. The zero-order valence-electron chi connectivity index (χ0n) is 20.1. The number of piperidine rings is 1. The van der Waals surface area contributed by atoms with E-state index in [1.54, 1.807) is 0 Å². The summed E-state index contributed by atoms with van der Waals surface area (Å²) in [5.41, 5.74) is 2.49. The summed E-state index contributed by atoms with van der Waals surface area (Å²) < 4.78 is 7.38. The SMILES string of the molecule is Cc1cc(Cl)ccc1-n1c(CNC(=O)OC(C)(C)C)nnc1N1CCC(c2ccccn2)CC1. The number of ether oxygens (including phenoxy) is 1. The Kier molecular flexibility index (Phi) is 7.07. The second-order valence-electron chi connectivity index (χ2n) is 9.55. The number of hydrogen-bond donors (Lipinski definition) is 1. The normalized spacial score (nSPS) is 14.8. The van der Waals surface area contributed by atoms with Gasteiger partial charge in [-0.25, -0.2) is 4.79 Å². The Morgan fingerprint density at radius 3 is 2.59 bits per heavy atom. The van der Waals surface area contributed by atoms with Crippen LogP contribution in [-0.2, 0) is 11.3 Å². The number of nitrogens with one attached hydrogen (secondary N) is 1. The molecule has 1 saturated heterocycles. The van der Waals surface area contributed by atoms with E-state index in [0.717, 1.165) is 48.8 Å². The van der Waals surface area contributed by atoms with Crippen molar-refractivity contribution in [2.24, 2.45) is 0 Å². The fraction of sp³-hybridized carbons (Fsp3) is 0.440. The lowest BCUT2D eigenvalue weighted by atomic mass is 9.93. The van der Waals surface area contributed by atoms with Crippen LogP contribution in [0.1, 0.15) is 56.6 Å². The average Bonchev–Trinajstić information content (AvgIpc) is 3.21. The van der Waals surface area contributed by atoms with Crippen LogP contribution in [0.2, 0.25) is 5.02 Å². The van der Waals surface area contributed by atoms with E-state index in [0.29, 0.717) is 16.8 Å². The molecule has 0 saturated carbocycles. The first-order valence-electron chi connectivity index (χ1n) is 11.5. The second kappa shape index (κ2) is 10.0. The number of carbonyl (C=O) groups excluding carboxylic acids is 1. The summed E-state index contributed by atoms with van der Waals surface area (Å²) in [7, 11) is 0. The smallest absolute Gasteiger partial charge is 0.408 e. The molecule has 1 N–H and O–H groups in total. The van der Waals surface area contributed by atoms with Crippen molar-refractivity contribution in [2.75, 3.05) is 18.0 Å². The first kappa shape index (κ1) is 24.0. The number of benzene rings is 1. The standard InChI is InChI=1S/C25H31ClN6O2/c1-17-15-19(26)8-9-21(17)32-22(16-28-24(33)34-25(2,3)4)29-30-23(32)31-13-10-18(11-14-31)20-7-5-6-12-27-20/h5-9,12,15,18H,10-11,13-14,16H2,1-4H3,(H,28,33). The van der Waals surface area contributed by atoms with E-state index in [1.807, 2.05) is 68.8 Å². The molecule has 34 heavy (non-hydrogen) atoms. The minimum Gasteiger partial charge on any atom is -0.444 e. The number of rotatable bonds is 5. The van der Waals surface area contributed by atoms with E-state index >= 15 is 0 Å². The summed E-state index contributed by atoms with van der Waals surface area (Å²) in [4.78, 5) is 19.0. The van der Waals surface area contributed by atoms with Crippen molar-refractivity contribution >= 4 is 23.6 Å². The molecule has 4 rings (SSSR count). The summed E-state index contributed by atoms with van der Waals surface area (Å²) in [6.07, 6.45) is 3.32. The van der Waals surface area contributed by atoms with Crippen molar-refractivity contribution in [1.29, 1.82) is 0 Å². The molecule has 8 nitrogen and oxygen atoms in total. The summed E-state index contributed by atoms with van der Waals surface area (Å²) >= 11 is 6.21. The van der Waals surface area contributed by atoms with Gasteiger partial charge in [0.25, 0.3) is 0 Å². The van der Waals surface area contributed by atoms with Gasteiger partial charge in [-0.05, 0) is 76.4 Å². The molecule has 2 aromatic heterocycles. The predicted octanol–water partition coefficient (Wildman–Crippen LogP) is 5.03. The van der Waals surface area contributed by atoms with Crippen LogP contribution >= 0.6 is 11.6 Å². The molecule has 3 heterocycles. The van der Waals surface area contributed by atoms with Crippen LogP contribution in [0.15, 0.2) is 42.6 Å². The quantitative estimate of drug-likeness (QED) is 0.548. The fourth-order valence-electron chi connectivity index (χ4n) is 4.20. The number of alkyl carbamates (subject to hydrolysis) is 1. The number of aryl methyl sites for hydroxylation is 1. The summed E-state index contributed by atoms with van der Waals surface area (Å²) in [6, 6.07) is 11.8. The molecule has 3 aromatic rings. The third kappa shape index (κ3) is 5.67. The minimum absolute atomic E-state index is 0.189. The maximum absolute atomic E-state index is 12.2. The van der Waals surface area contributed by atoms with Crippen LogP contribution < -0.4 is 10.2 Å². The van der Waals surface area contributed by atoms with Crippen molar-refractivity contribution in [3.63, 3.8) is 0 Å². The van der Waals surface area contributed by atoms with Gasteiger partial charge < -0.3 is 15.0 Å². The Hall–Kier alpha value is -3.13. The highest BCUT2D eigenvalue weighted by Crippen LogP contribution is 2.31. The van der Waals surface area contributed by atoms with Gasteiger partial charge in [-0.2, -0.15) is 0 Å². The molecule has 9 heteroatoms. The number of halogens is 1. The third-order valence-electron chi connectivity index (χ3n) is 5.79. The number of carbonyl (C=O) groups is 1. The van der Waals surface area contributed by atoms with E-state index in [2.05, 4.69) is 31.5 Å². The Morgan fingerprint density at radius 1 is 1.18 bits per heavy atom. The highest BCUT2D eigenvalue weighted by atomic mass is 35.5. The molecule has 180 valence electrons. The number of hydrogen-bond acceptors (Lipinski definition) is 6. The van der Waals surface area contributed by atoms with Gasteiger partial charge in [0.05, 0.1) is 12.2 Å². The Bertz CT molecular complexity index is 1130. The molecule has 0 aliphatic carbocycles. The largest absolute Gasteiger partial charge is 0.444 e. The van der Waals surface area contributed by atoms with Crippen molar-refractivity contribution in [1.82, 2.24) is 25.1 Å². The van der Waals surface area contributed by atoms with Crippen molar-refractivity contribution in [2.45, 2.75) is 58.6 Å². The van der Waals surface area contributed by atoms with E-state index in [9.17, 15) is 4.79 Å². The Balaban J connectivity index is 1.58. The maximum atomic E-state index is 12.2. The van der Waals surface area contributed by atoms with Crippen LogP contribution in [0, 0.1) is 6.92 Å². The lowest BCUT2D eigenvalue weighted by Crippen LogP contribution is -2.35. The van der Waals surface area contributed by atoms with E-state index in [1.165, 1.54) is 0 Å². The first-order chi connectivity index (χ1) is 16.2. The molecule has 0 bridgehead atoms. The highest BCUT2D eigenvalue weighted by molar-refractivity contribution is 6.30. The first-order valence-corrected chi connectivity index (χ1v) is 11.9. The lowest BCUT2D eigenvalue weighted by Gasteiger charge is -2.32. The number of aromatic nitrogens is 4. The Morgan fingerprint density at radius 2 is 1.94 bits per heavy atom. The lowest BCUT2D eigenvalue weighted by molar-refractivity contribution is 0.0522. The molecular weight excluding hydrogens is 452 g/mol. The number of anilines is 1. The van der Waals surface area contributed by atoms with Gasteiger partial charge in [0.2, 0.25) is 5.95 Å². The van der Waals surface area contributed by atoms with E-state index in [-0.39, 0.29) is 6.54 Å². The monoisotopic (exact) mass is 482 g/mol. The topological polar surface area (TPSA) is 85.2 Å².